The van der Waals surface area contributed by atoms with Gasteiger partial charge in [-0.15, -0.1) is 5.10 Å². The number of anilines is 1. The van der Waals surface area contributed by atoms with E-state index in [4.69, 9.17) is 14.2 Å². The number of carbonyl (C=O) groups is 1. The number of hydrogen-bond donors (Lipinski definition) is 1. The van der Waals surface area contributed by atoms with Crippen LogP contribution in [0.25, 0.3) is 17.1 Å². The third-order valence-corrected chi connectivity index (χ3v) is 5.32. The SMILES string of the molecule is Cc1ccccc1-c1nc(OC(C)C)nn1-c1ccc(NC(=O)c2ccc3c(c2)OCO3)cc1. The van der Waals surface area contributed by atoms with Crippen LogP contribution in [0.2, 0.25) is 0 Å². The maximum Gasteiger partial charge on any atom is 0.336 e. The van der Waals surface area contributed by atoms with Gasteiger partial charge < -0.3 is 19.5 Å². The molecule has 0 bridgehead atoms. The van der Waals surface area contributed by atoms with E-state index in [0.717, 1.165) is 16.8 Å². The van der Waals surface area contributed by atoms with Gasteiger partial charge in [0.2, 0.25) is 6.79 Å². The maximum atomic E-state index is 12.7. The molecule has 0 radical (unpaired) electrons. The molecule has 34 heavy (non-hydrogen) atoms. The van der Waals surface area contributed by atoms with Gasteiger partial charge in [-0.1, -0.05) is 24.3 Å². The summed E-state index contributed by atoms with van der Waals surface area (Å²) in [6.07, 6.45) is -0.0469. The number of amides is 1. The minimum atomic E-state index is -0.236. The summed E-state index contributed by atoms with van der Waals surface area (Å²) in [4.78, 5) is 17.3. The van der Waals surface area contributed by atoms with Crippen LogP contribution in [0.15, 0.2) is 66.7 Å². The van der Waals surface area contributed by atoms with Crippen LogP contribution in [0.4, 0.5) is 5.69 Å². The summed E-state index contributed by atoms with van der Waals surface area (Å²) in [5.74, 6) is 1.65. The minimum absolute atomic E-state index is 0.0469. The molecule has 1 aliphatic rings. The third kappa shape index (κ3) is 4.30. The van der Waals surface area contributed by atoms with Gasteiger partial charge in [-0.05, 0) is 68.8 Å². The Hall–Kier alpha value is -4.33. The molecule has 3 aromatic carbocycles. The van der Waals surface area contributed by atoms with Gasteiger partial charge in [0.05, 0.1) is 11.8 Å². The van der Waals surface area contributed by atoms with Crippen molar-refractivity contribution in [2.75, 3.05) is 12.1 Å². The predicted molar refractivity (Wildman–Crippen MR) is 128 cm³/mol. The van der Waals surface area contributed by atoms with E-state index in [2.05, 4.69) is 15.4 Å². The highest BCUT2D eigenvalue weighted by molar-refractivity contribution is 6.04. The zero-order valence-corrected chi connectivity index (χ0v) is 19.1. The van der Waals surface area contributed by atoms with Gasteiger partial charge in [0.1, 0.15) is 0 Å². The van der Waals surface area contributed by atoms with Crippen molar-refractivity contribution in [1.29, 1.82) is 0 Å². The average molecular weight is 457 g/mol. The number of nitrogens with zero attached hydrogens (tertiary/aromatic N) is 3. The lowest BCUT2D eigenvalue weighted by Crippen LogP contribution is -2.12. The van der Waals surface area contributed by atoms with Crippen LogP contribution in [0.5, 0.6) is 17.5 Å². The number of benzene rings is 3. The van der Waals surface area contributed by atoms with Crippen molar-refractivity contribution < 1.29 is 19.0 Å². The molecule has 0 saturated carbocycles. The summed E-state index contributed by atoms with van der Waals surface area (Å²) in [5.41, 5.74) is 3.99. The normalized spacial score (nSPS) is 12.1. The molecule has 5 rings (SSSR count). The zero-order valence-electron chi connectivity index (χ0n) is 19.1. The summed E-state index contributed by atoms with van der Waals surface area (Å²) in [6, 6.07) is 20.8. The van der Waals surface area contributed by atoms with Gasteiger partial charge in [0, 0.05) is 16.8 Å². The van der Waals surface area contributed by atoms with E-state index < -0.39 is 0 Å². The summed E-state index contributed by atoms with van der Waals surface area (Å²) in [7, 11) is 0. The molecule has 0 fully saturated rings. The Balaban J connectivity index is 1.41. The highest BCUT2D eigenvalue weighted by Crippen LogP contribution is 2.33. The molecule has 1 aromatic heterocycles. The van der Waals surface area contributed by atoms with Crippen LogP contribution < -0.4 is 19.5 Å². The van der Waals surface area contributed by atoms with Crippen LogP contribution in [0.3, 0.4) is 0 Å². The molecule has 8 heteroatoms. The molecule has 0 unspecified atom stereocenters. The third-order valence-electron chi connectivity index (χ3n) is 5.32. The molecule has 172 valence electrons. The number of nitrogens with one attached hydrogen (secondary N) is 1. The topological polar surface area (TPSA) is 87.5 Å². The predicted octanol–water partition coefficient (Wildman–Crippen LogP) is 5.01. The molecule has 0 spiro atoms. The van der Waals surface area contributed by atoms with E-state index in [1.807, 2.05) is 69.3 Å². The van der Waals surface area contributed by atoms with Crippen molar-refractivity contribution in [3.8, 4) is 34.6 Å². The first-order valence-corrected chi connectivity index (χ1v) is 11.0. The van der Waals surface area contributed by atoms with Crippen LogP contribution in [0.1, 0.15) is 29.8 Å². The molecule has 1 aliphatic heterocycles. The van der Waals surface area contributed by atoms with Crippen molar-refractivity contribution in [2.24, 2.45) is 0 Å². The highest BCUT2D eigenvalue weighted by Gasteiger charge is 2.18. The second-order valence-electron chi connectivity index (χ2n) is 8.18. The van der Waals surface area contributed by atoms with Gasteiger partial charge >= 0.3 is 6.01 Å². The number of ether oxygens (including phenoxy) is 3. The lowest BCUT2D eigenvalue weighted by atomic mass is 10.1. The number of aromatic nitrogens is 3. The van der Waals surface area contributed by atoms with Crippen molar-refractivity contribution in [2.45, 2.75) is 26.9 Å². The number of carbonyl (C=O) groups excluding carboxylic acids is 1. The number of aryl methyl sites for hydroxylation is 1. The molecule has 1 amide bonds. The zero-order chi connectivity index (χ0) is 23.7. The Morgan fingerprint density at radius 1 is 1.03 bits per heavy atom. The Morgan fingerprint density at radius 3 is 2.56 bits per heavy atom. The van der Waals surface area contributed by atoms with E-state index >= 15 is 0 Å². The summed E-state index contributed by atoms with van der Waals surface area (Å²) in [5, 5.41) is 7.49. The molecular weight excluding hydrogens is 432 g/mol. The summed E-state index contributed by atoms with van der Waals surface area (Å²) in [6.45, 7) is 6.07. The second kappa shape index (κ2) is 8.90. The Bertz CT molecular complexity index is 1350. The van der Waals surface area contributed by atoms with E-state index in [9.17, 15) is 4.79 Å². The summed E-state index contributed by atoms with van der Waals surface area (Å²) < 4.78 is 18.2. The van der Waals surface area contributed by atoms with Crippen molar-refractivity contribution in [3.05, 3.63) is 77.9 Å². The number of rotatable bonds is 6. The fraction of sp³-hybridized carbons (Fsp3) is 0.192. The van der Waals surface area contributed by atoms with Gasteiger partial charge in [0.15, 0.2) is 17.3 Å². The summed E-state index contributed by atoms with van der Waals surface area (Å²) >= 11 is 0. The fourth-order valence-electron chi connectivity index (χ4n) is 3.66. The van der Waals surface area contributed by atoms with E-state index in [1.165, 1.54) is 0 Å². The molecule has 2 heterocycles. The molecule has 1 N–H and O–H groups in total. The van der Waals surface area contributed by atoms with Crippen LogP contribution in [0, 0.1) is 6.92 Å². The molecule has 0 aliphatic carbocycles. The number of fused-ring (bicyclic) bond motifs is 1. The fourth-order valence-corrected chi connectivity index (χ4v) is 3.66. The van der Waals surface area contributed by atoms with Gasteiger partial charge in [0.25, 0.3) is 5.91 Å². The lowest BCUT2D eigenvalue weighted by Gasteiger charge is -2.10. The van der Waals surface area contributed by atoms with Crippen molar-refractivity contribution in [3.63, 3.8) is 0 Å². The molecule has 4 aromatic rings. The molecule has 8 nitrogen and oxygen atoms in total. The monoisotopic (exact) mass is 456 g/mol. The average Bonchev–Trinajstić information content (AvgIpc) is 3.46. The quantitative estimate of drug-likeness (QED) is 0.439. The second-order valence-corrected chi connectivity index (χ2v) is 8.18. The Kier molecular flexibility index (Phi) is 5.63. The number of hydrogen-bond acceptors (Lipinski definition) is 6. The highest BCUT2D eigenvalue weighted by atomic mass is 16.7. The van der Waals surface area contributed by atoms with Crippen LogP contribution in [-0.4, -0.2) is 33.6 Å². The minimum Gasteiger partial charge on any atom is -0.460 e. The van der Waals surface area contributed by atoms with Gasteiger partial charge in [-0.25, -0.2) is 4.68 Å². The Labute approximate surface area is 197 Å². The van der Waals surface area contributed by atoms with Gasteiger partial charge in [-0.3, -0.25) is 4.79 Å². The van der Waals surface area contributed by atoms with Gasteiger partial charge in [-0.2, -0.15) is 4.98 Å². The smallest absolute Gasteiger partial charge is 0.336 e. The maximum absolute atomic E-state index is 12.7. The van der Waals surface area contributed by atoms with Crippen LogP contribution >= 0.6 is 0 Å². The van der Waals surface area contributed by atoms with Crippen molar-refractivity contribution in [1.82, 2.24) is 14.8 Å². The Morgan fingerprint density at radius 2 is 1.79 bits per heavy atom. The molecule has 0 atom stereocenters. The van der Waals surface area contributed by atoms with E-state index in [-0.39, 0.29) is 18.8 Å². The largest absolute Gasteiger partial charge is 0.460 e. The van der Waals surface area contributed by atoms with Crippen molar-refractivity contribution >= 4 is 11.6 Å². The molecule has 0 saturated heterocycles. The first kappa shape index (κ1) is 21.5. The first-order chi connectivity index (χ1) is 16.5. The van der Waals surface area contributed by atoms with E-state index in [0.29, 0.717) is 34.6 Å². The lowest BCUT2D eigenvalue weighted by molar-refractivity contribution is 0.102. The molecular formula is C26H24N4O4. The van der Waals surface area contributed by atoms with Crippen LogP contribution in [-0.2, 0) is 0 Å². The first-order valence-electron chi connectivity index (χ1n) is 11.0. The van der Waals surface area contributed by atoms with E-state index in [1.54, 1.807) is 22.9 Å². The standard InChI is InChI=1S/C26H24N4O4/c1-16(2)34-26-28-24(21-7-5-4-6-17(21)3)30(29-26)20-11-9-19(10-12-20)27-25(31)18-8-13-22-23(14-18)33-15-32-22/h4-14,16H,15H2,1-3H3,(H,27,31).